The molecule has 4 heteroatoms. The van der Waals surface area contributed by atoms with Crippen LogP contribution < -0.4 is 4.74 Å². The molecule has 2 bridgehead atoms. The van der Waals surface area contributed by atoms with E-state index in [2.05, 4.69) is 4.90 Å². The lowest BCUT2D eigenvalue weighted by Gasteiger charge is -2.65. The summed E-state index contributed by atoms with van der Waals surface area (Å²) in [5.74, 6) is 1.97. The molecule has 1 aliphatic heterocycles. The Morgan fingerprint density at radius 2 is 2.19 bits per heavy atom. The van der Waals surface area contributed by atoms with Gasteiger partial charge in [0, 0.05) is 43.5 Å². The highest BCUT2D eigenvalue weighted by Crippen LogP contribution is 2.61. The van der Waals surface area contributed by atoms with Gasteiger partial charge in [-0.2, -0.15) is 0 Å². The molecular formula is C22H29NO3. The molecule has 0 unspecified atom stereocenters. The molecule has 3 atom stereocenters. The first-order chi connectivity index (χ1) is 13.0. The van der Waals surface area contributed by atoms with Crippen LogP contribution in [0.4, 0.5) is 0 Å². The monoisotopic (exact) mass is 357 g/mol. The number of hydrogen-bond donors (Lipinski definition) is 0. The predicted octanol–water partition coefficient (Wildman–Crippen LogP) is 3.11. The van der Waals surface area contributed by atoms with Crippen LogP contribution in [-0.2, 0) is 21.4 Å². The van der Waals surface area contributed by atoms with Crippen LogP contribution in [0.5, 0.6) is 5.75 Å². The SMILES string of the molecule is [3H]c1ccc(OC)c2c1C[C@@H]1N(CC3CC3)CC[C@@]23CC(=O)CC[C@@]13OC. The smallest absolute Gasteiger partial charge is 0.134 e. The van der Waals surface area contributed by atoms with Gasteiger partial charge in [-0.1, -0.05) is 12.1 Å². The van der Waals surface area contributed by atoms with E-state index in [0.717, 1.165) is 55.1 Å². The quantitative estimate of drug-likeness (QED) is 0.830. The third-order valence-electron chi connectivity index (χ3n) is 7.58. The Kier molecular flexibility index (Phi) is 3.49. The molecule has 1 aromatic rings. The zero-order chi connectivity index (χ0) is 18.8. The molecule has 3 fully saturated rings. The Labute approximate surface area is 157 Å². The number of ether oxygens (including phenoxy) is 2. The fraction of sp³-hybridized carbons (Fsp3) is 0.682. The number of carbonyl (C=O) groups excluding carboxylic acids is 1. The first-order valence-electron chi connectivity index (χ1n) is 10.5. The maximum Gasteiger partial charge on any atom is 0.134 e. The van der Waals surface area contributed by atoms with Crippen molar-refractivity contribution in [2.75, 3.05) is 27.3 Å². The maximum atomic E-state index is 12.7. The van der Waals surface area contributed by atoms with Crippen molar-refractivity contribution in [1.82, 2.24) is 4.90 Å². The lowest BCUT2D eigenvalue weighted by molar-refractivity contribution is -0.188. The topological polar surface area (TPSA) is 38.8 Å². The van der Waals surface area contributed by atoms with Crippen LogP contribution in [0.15, 0.2) is 18.2 Å². The Morgan fingerprint density at radius 3 is 2.92 bits per heavy atom. The van der Waals surface area contributed by atoms with Gasteiger partial charge < -0.3 is 9.47 Å². The number of fused-ring (bicyclic) bond motifs is 1. The molecular weight excluding hydrogens is 326 g/mol. The number of likely N-dealkylation sites (tertiary alicyclic amines) is 1. The molecule has 0 N–H and O–H groups in total. The zero-order valence-electron chi connectivity index (χ0n) is 16.8. The third kappa shape index (κ3) is 2.12. The summed E-state index contributed by atoms with van der Waals surface area (Å²) in [6.45, 7) is 2.14. The molecule has 2 saturated carbocycles. The molecule has 1 aromatic carbocycles. The number of rotatable bonds is 4. The van der Waals surface area contributed by atoms with E-state index >= 15 is 0 Å². The van der Waals surface area contributed by atoms with Gasteiger partial charge in [0.2, 0.25) is 0 Å². The number of carbonyl (C=O) groups is 1. The average Bonchev–Trinajstić information content (AvgIpc) is 3.48. The van der Waals surface area contributed by atoms with Crippen LogP contribution in [0, 0.1) is 5.92 Å². The number of benzene rings is 1. The summed E-state index contributed by atoms with van der Waals surface area (Å²) in [5.41, 5.74) is 1.44. The molecule has 140 valence electrons. The minimum absolute atomic E-state index is 0.244. The molecule has 1 saturated heterocycles. The van der Waals surface area contributed by atoms with Crippen LogP contribution in [-0.4, -0.2) is 49.6 Å². The van der Waals surface area contributed by atoms with Crippen LogP contribution in [0.1, 0.15) is 51.0 Å². The van der Waals surface area contributed by atoms with Crippen LogP contribution in [0.2, 0.25) is 0 Å². The van der Waals surface area contributed by atoms with Crippen molar-refractivity contribution in [3.63, 3.8) is 0 Å². The second-order valence-corrected chi connectivity index (χ2v) is 8.70. The minimum atomic E-state index is -0.363. The second-order valence-electron chi connectivity index (χ2n) is 8.70. The van der Waals surface area contributed by atoms with E-state index in [4.69, 9.17) is 10.8 Å². The van der Waals surface area contributed by atoms with E-state index in [1.165, 1.54) is 12.8 Å². The van der Waals surface area contributed by atoms with Gasteiger partial charge in [0.1, 0.15) is 11.5 Å². The van der Waals surface area contributed by atoms with Crippen molar-refractivity contribution >= 4 is 5.78 Å². The molecule has 4 aliphatic rings. The van der Waals surface area contributed by atoms with Gasteiger partial charge in [0.15, 0.2) is 0 Å². The van der Waals surface area contributed by atoms with Gasteiger partial charge in [-0.3, -0.25) is 9.69 Å². The van der Waals surface area contributed by atoms with E-state index in [9.17, 15) is 4.79 Å². The number of hydrogen-bond acceptors (Lipinski definition) is 4. The summed E-state index contributed by atoms with van der Waals surface area (Å²) in [7, 11) is 3.53. The first-order valence-corrected chi connectivity index (χ1v) is 10.0. The van der Waals surface area contributed by atoms with Crippen LogP contribution in [0.3, 0.4) is 0 Å². The molecule has 0 aromatic heterocycles. The minimum Gasteiger partial charge on any atom is -0.496 e. The summed E-state index contributed by atoms with van der Waals surface area (Å²) in [5, 5.41) is 0. The van der Waals surface area contributed by atoms with E-state index in [1.54, 1.807) is 7.11 Å². The lowest BCUT2D eigenvalue weighted by atomic mass is 9.49. The predicted molar refractivity (Wildman–Crippen MR) is 99.7 cm³/mol. The fourth-order valence-corrected chi connectivity index (χ4v) is 6.28. The summed E-state index contributed by atoms with van der Waals surface area (Å²) < 4.78 is 20.8. The average molecular weight is 357 g/mol. The van der Waals surface area contributed by atoms with Gasteiger partial charge >= 0.3 is 0 Å². The maximum absolute atomic E-state index is 12.7. The van der Waals surface area contributed by atoms with Gasteiger partial charge in [-0.25, -0.2) is 0 Å². The lowest BCUT2D eigenvalue weighted by Crippen LogP contribution is -2.74. The van der Waals surface area contributed by atoms with Gasteiger partial charge in [0.05, 0.1) is 14.1 Å². The number of nitrogens with zero attached hydrogens (tertiary/aromatic N) is 1. The molecule has 4 nitrogen and oxygen atoms in total. The van der Waals surface area contributed by atoms with Gasteiger partial charge in [0.25, 0.3) is 0 Å². The van der Waals surface area contributed by atoms with Crippen molar-refractivity contribution in [3.05, 3.63) is 29.3 Å². The van der Waals surface area contributed by atoms with Crippen LogP contribution in [0.25, 0.3) is 0 Å². The standard InChI is InChI=1S/C22H29NO3/c1-25-18-5-3-4-16-12-19-22(26-2)9-8-17(24)13-21(22,20(16)18)10-11-23(19)14-15-6-7-15/h3-5,15,19H,6-14H2,1-2H3/t19-,21+,22+/m0/s1/i4T. The summed E-state index contributed by atoms with van der Waals surface area (Å²) in [6, 6.07) is 4.58. The summed E-state index contributed by atoms with van der Waals surface area (Å²) in [6.07, 6.45) is 6.29. The highest BCUT2D eigenvalue weighted by Gasteiger charge is 2.66. The van der Waals surface area contributed by atoms with Crippen molar-refractivity contribution in [2.45, 2.75) is 62.0 Å². The Bertz CT molecular complexity index is 792. The van der Waals surface area contributed by atoms with Gasteiger partial charge in [-0.05, 0) is 56.2 Å². The molecule has 3 aliphatic carbocycles. The Balaban J connectivity index is 1.73. The van der Waals surface area contributed by atoms with Crippen molar-refractivity contribution in [3.8, 4) is 5.75 Å². The highest BCUT2D eigenvalue weighted by atomic mass is 16.5. The normalized spacial score (nSPS) is 36.9. The Morgan fingerprint density at radius 1 is 1.35 bits per heavy atom. The van der Waals surface area contributed by atoms with E-state index in [0.29, 0.717) is 24.7 Å². The molecule has 0 radical (unpaired) electrons. The zero-order valence-corrected chi connectivity index (χ0v) is 15.8. The first kappa shape index (κ1) is 15.6. The van der Waals surface area contributed by atoms with Gasteiger partial charge in [-0.15, -0.1) is 0 Å². The van der Waals surface area contributed by atoms with Crippen molar-refractivity contribution < 1.29 is 15.6 Å². The number of methoxy groups -OCH3 is 2. The number of piperidine rings is 1. The molecule has 0 amide bonds. The van der Waals surface area contributed by atoms with E-state index in [-0.39, 0.29) is 17.1 Å². The molecule has 26 heavy (non-hydrogen) atoms. The fourth-order valence-electron chi connectivity index (χ4n) is 6.28. The number of Topliss-reactive ketones (excluding diaryl/α,β-unsaturated/α-hetero) is 1. The van der Waals surface area contributed by atoms with E-state index in [1.807, 2.05) is 19.2 Å². The van der Waals surface area contributed by atoms with Crippen LogP contribution >= 0.6 is 0 Å². The summed E-state index contributed by atoms with van der Waals surface area (Å²) >= 11 is 0. The summed E-state index contributed by atoms with van der Waals surface area (Å²) in [4.78, 5) is 15.3. The Hall–Kier alpha value is -1.39. The van der Waals surface area contributed by atoms with Crippen molar-refractivity contribution in [2.24, 2.45) is 5.92 Å². The number of ketones is 1. The third-order valence-corrected chi connectivity index (χ3v) is 7.58. The second kappa shape index (κ2) is 5.80. The molecule has 1 heterocycles. The van der Waals surface area contributed by atoms with E-state index < -0.39 is 0 Å². The largest absolute Gasteiger partial charge is 0.496 e. The van der Waals surface area contributed by atoms with Crippen molar-refractivity contribution in [1.29, 1.82) is 0 Å². The molecule has 0 spiro atoms. The highest BCUT2D eigenvalue weighted by molar-refractivity contribution is 5.83. The molecule has 5 rings (SSSR count).